The van der Waals surface area contributed by atoms with Gasteiger partial charge in [0.2, 0.25) is 5.91 Å². The van der Waals surface area contributed by atoms with E-state index in [2.05, 4.69) is 27.1 Å². The molecule has 5 rings (SSSR count). The second kappa shape index (κ2) is 21.8. The van der Waals surface area contributed by atoms with Crippen LogP contribution in [0.2, 0.25) is 0 Å². The van der Waals surface area contributed by atoms with Gasteiger partial charge in [-0.1, -0.05) is 34.3 Å². The summed E-state index contributed by atoms with van der Waals surface area (Å²) in [5.74, 6) is -6.40. The number of ether oxygens (including phenoxy) is 6. The minimum Gasteiger partial charge on any atom is -0.459 e. The van der Waals surface area contributed by atoms with E-state index in [9.17, 15) is 19.5 Å². The van der Waals surface area contributed by atoms with Crippen molar-refractivity contribution in [2.75, 3.05) is 33.9 Å². The fourth-order valence-corrected chi connectivity index (χ4v) is 9.31. The van der Waals surface area contributed by atoms with Gasteiger partial charge in [0.25, 0.3) is 0 Å². The van der Waals surface area contributed by atoms with Crippen LogP contribution in [-0.2, 0) is 59.0 Å². The summed E-state index contributed by atoms with van der Waals surface area (Å²) in [7, 11) is 3.74. The third-order valence-corrected chi connectivity index (χ3v) is 12.5. The highest BCUT2D eigenvalue weighted by atomic mass is 16.7. The Hall–Kier alpha value is -4.27. The Labute approximate surface area is 376 Å². The number of hydrogen-bond acceptors (Lipinski definition) is 16. The largest absolute Gasteiger partial charge is 0.459 e. The van der Waals surface area contributed by atoms with Gasteiger partial charge in [0, 0.05) is 50.3 Å². The summed E-state index contributed by atoms with van der Waals surface area (Å²) in [6.07, 6.45) is -0.0333. The van der Waals surface area contributed by atoms with Gasteiger partial charge in [-0.05, 0) is 83.8 Å². The number of ketones is 1. The number of amides is 1. The normalized spacial score (nSPS) is 35.3. The van der Waals surface area contributed by atoms with Crippen LogP contribution < -0.4 is 5.48 Å². The number of hydrogen-bond donors (Lipinski definition) is 2. The lowest BCUT2D eigenvalue weighted by Crippen LogP contribution is -2.61. The van der Waals surface area contributed by atoms with Crippen molar-refractivity contribution >= 4 is 29.3 Å². The topological polar surface area (TPSA) is 211 Å². The highest BCUT2D eigenvalue weighted by molar-refractivity contribution is 6.01. The second-order valence-electron chi connectivity index (χ2n) is 18.1. The molecule has 0 aromatic carbocycles. The summed E-state index contributed by atoms with van der Waals surface area (Å²) >= 11 is 0. The quantitative estimate of drug-likeness (QED) is 0.108. The molecule has 1 amide bonds. The molecule has 13 atom stereocenters. The number of nitrogens with one attached hydrogen (secondary N) is 1. The number of pyridine rings is 1. The first-order chi connectivity index (χ1) is 30.2. The first-order valence-electron chi connectivity index (χ1n) is 22.1. The van der Waals surface area contributed by atoms with Crippen molar-refractivity contribution in [3.05, 3.63) is 54.6 Å². The Morgan fingerprint density at radius 2 is 1.84 bits per heavy atom. The van der Waals surface area contributed by atoms with Gasteiger partial charge in [0.1, 0.15) is 24.2 Å². The maximum absolute atomic E-state index is 15.2. The summed E-state index contributed by atoms with van der Waals surface area (Å²) in [5, 5.41) is 16.7. The molecule has 3 aliphatic heterocycles. The zero-order valence-corrected chi connectivity index (χ0v) is 39.1. The molecule has 3 saturated heterocycles. The van der Waals surface area contributed by atoms with Crippen LogP contribution in [0.1, 0.15) is 87.3 Å². The van der Waals surface area contributed by atoms with Crippen molar-refractivity contribution in [1.82, 2.24) is 25.1 Å². The van der Waals surface area contributed by atoms with Crippen molar-refractivity contribution < 1.29 is 57.5 Å². The fourth-order valence-electron chi connectivity index (χ4n) is 9.31. The Morgan fingerprint density at radius 3 is 2.45 bits per heavy atom. The minimum absolute atomic E-state index is 0.0144. The molecule has 2 aromatic heterocycles. The number of rotatable bonds is 11. The van der Waals surface area contributed by atoms with Crippen molar-refractivity contribution in [3.63, 3.8) is 0 Å². The molecule has 3 fully saturated rings. The molecule has 0 radical (unpaired) electrons. The van der Waals surface area contributed by atoms with E-state index >= 15 is 4.79 Å². The first-order valence-corrected chi connectivity index (χ1v) is 22.1. The van der Waals surface area contributed by atoms with Gasteiger partial charge in [-0.2, -0.15) is 5.10 Å². The smallest absolute Gasteiger partial charge is 0.318 e. The number of carbonyl (C=O) groups excluding carboxylic acids is 4. The number of likely N-dealkylation sites (N-methyl/N-ethyl adjacent to an activating group) is 1. The first kappa shape index (κ1) is 50.7. The van der Waals surface area contributed by atoms with Crippen LogP contribution in [0.15, 0.2) is 53.9 Å². The molecular weight excluding hydrogens is 829 g/mol. The number of nitrogens with zero attached hydrogens (tertiary/aromatic N) is 5. The van der Waals surface area contributed by atoms with E-state index in [0.29, 0.717) is 23.4 Å². The van der Waals surface area contributed by atoms with Gasteiger partial charge in [0.15, 0.2) is 18.2 Å². The Balaban J connectivity index is 1.61. The molecule has 64 heavy (non-hydrogen) atoms. The molecule has 5 heterocycles. The van der Waals surface area contributed by atoms with E-state index in [1.54, 1.807) is 56.2 Å². The Bertz CT molecular complexity index is 1960. The standard InChI is InChI=1S/C46H68N6O12/c1-13-37-46(10,57)42-29(5)38(50-31(7)53)27(3)20-45(9,59-24-26(2)23-58-42)41(64-44-40(62-32(8)54)36(51(11)12)19-28(4)61-44)30(6)39(55)35(43(56)63-37)22-49-60-25-33-15-16-34(21-47-33)52-18-14-17-48-52/h14-18,21,27-30,35-37,40-42,44,49,57H,2,13,19-20,22-25H2,1,3-12H3/t27-,28-,29+,30+,35?,36+,37-,40-,41-,42+,44+,45-,46-/m1/s1. The number of fused-ring (bicyclic) bond motifs is 5. The van der Waals surface area contributed by atoms with E-state index in [1.807, 2.05) is 45.8 Å². The number of Topliss-reactive ketones (excluding diaryl/α,β-unsaturated/α-hetero) is 1. The lowest BCUT2D eigenvalue weighted by molar-refractivity contribution is -0.299. The lowest BCUT2D eigenvalue weighted by Gasteiger charge is -2.48. The van der Waals surface area contributed by atoms with Crippen LogP contribution >= 0.6 is 0 Å². The predicted molar refractivity (Wildman–Crippen MR) is 234 cm³/mol. The van der Waals surface area contributed by atoms with Gasteiger partial charge in [-0.15, -0.1) is 0 Å². The molecular formula is C46H68N6O12. The molecule has 2 aromatic rings. The number of cyclic esters (lactones) is 1. The van der Waals surface area contributed by atoms with Crippen LogP contribution in [0, 0.1) is 23.7 Å². The number of carbonyl (C=O) groups is 4. The van der Waals surface area contributed by atoms with E-state index in [-0.39, 0.29) is 51.4 Å². The number of aliphatic imine (C=N–C) groups is 1. The minimum atomic E-state index is -1.86. The highest BCUT2D eigenvalue weighted by Crippen LogP contribution is 2.41. The second-order valence-corrected chi connectivity index (χ2v) is 18.1. The van der Waals surface area contributed by atoms with E-state index < -0.39 is 89.2 Å². The maximum atomic E-state index is 15.2. The zero-order chi connectivity index (χ0) is 47.1. The highest BCUT2D eigenvalue weighted by Gasteiger charge is 2.54. The number of aliphatic hydroxyl groups is 1. The van der Waals surface area contributed by atoms with E-state index in [4.69, 9.17) is 33.3 Å². The molecule has 2 N–H and O–H groups in total. The van der Waals surface area contributed by atoms with Crippen LogP contribution in [0.5, 0.6) is 0 Å². The van der Waals surface area contributed by atoms with Gasteiger partial charge >= 0.3 is 11.9 Å². The Morgan fingerprint density at radius 1 is 1.11 bits per heavy atom. The van der Waals surface area contributed by atoms with Gasteiger partial charge < -0.3 is 38.4 Å². The van der Waals surface area contributed by atoms with E-state index in [0.717, 1.165) is 5.69 Å². The molecule has 18 heteroatoms. The average molecular weight is 897 g/mol. The van der Waals surface area contributed by atoms with E-state index in [1.165, 1.54) is 20.8 Å². The summed E-state index contributed by atoms with van der Waals surface area (Å²) in [5.41, 5.74) is 1.76. The van der Waals surface area contributed by atoms with Crippen molar-refractivity contribution in [3.8, 4) is 5.69 Å². The zero-order valence-electron chi connectivity index (χ0n) is 39.1. The molecule has 2 bridgehead atoms. The third kappa shape index (κ3) is 12.1. The molecule has 18 nitrogen and oxygen atoms in total. The van der Waals surface area contributed by atoms with Gasteiger partial charge in [0.05, 0.1) is 60.7 Å². The summed E-state index contributed by atoms with van der Waals surface area (Å²) in [6, 6.07) is 5.08. The molecule has 0 saturated carbocycles. The fraction of sp³-hybridized carbons (Fsp3) is 0.674. The van der Waals surface area contributed by atoms with Crippen molar-refractivity contribution in [2.45, 2.75) is 142 Å². The van der Waals surface area contributed by atoms with Crippen molar-refractivity contribution in [2.24, 2.45) is 28.7 Å². The molecule has 0 aliphatic carbocycles. The Kier molecular flexibility index (Phi) is 17.3. The summed E-state index contributed by atoms with van der Waals surface area (Å²) < 4.78 is 40.5. The van der Waals surface area contributed by atoms with Crippen LogP contribution in [0.4, 0.5) is 0 Å². The molecule has 1 unspecified atom stereocenters. The van der Waals surface area contributed by atoms with Crippen LogP contribution in [0.3, 0.4) is 0 Å². The molecule has 0 spiro atoms. The molecule has 354 valence electrons. The van der Waals surface area contributed by atoms with Gasteiger partial charge in [-0.25, -0.2) is 15.2 Å². The lowest BCUT2D eigenvalue weighted by atomic mass is 9.73. The summed E-state index contributed by atoms with van der Waals surface area (Å²) in [6.45, 7) is 18.7. The number of aromatic nitrogens is 3. The van der Waals surface area contributed by atoms with Crippen molar-refractivity contribution in [1.29, 1.82) is 0 Å². The average Bonchev–Trinajstić information content (AvgIpc) is 3.77. The SMILES string of the molecule is C=C1CO[C@H]2[C@@H](C)C(=NC(C)=O)[C@H](C)C[C@@](C)(OC1)[C@H](O[C@@H]1O[C@H](C)C[C@H](N(C)C)[C@H]1OC(C)=O)[C@@H](C)C(=O)C(CNOCc1ccc(-n3cccn3)cn1)C(=O)O[C@H](CC)[C@@]2(C)O. The monoisotopic (exact) mass is 896 g/mol. The van der Waals surface area contributed by atoms with Crippen LogP contribution in [0.25, 0.3) is 5.69 Å². The third-order valence-electron chi connectivity index (χ3n) is 12.5. The summed E-state index contributed by atoms with van der Waals surface area (Å²) in [4.78, 5) is 72.0. The predicted octanol–water partition coefficient (Wildman–Crippen LogP) is 3.96. The van der Waals surface area contributed by atoms with Crippen LogP contribution in [-0.4, -0.2) is 142 Å². The molecule has 3 aliphatic rings. The number of esters is 2. The van der Waals surface area contributed by atoms with Gasteiger partial charge in [-0.3, -0.25) is 29.0 Å². The maximum Gasteiger partial charge on any atom is 0.318 e. The number of hydroxylamine groups is 1.